The standard InChI is InChI=1S/C24H21ClN6O6S/c1-2-23(35)15(37-20(17(23)32)31-11-27-16-18(26)29-22(25)30-19(16)31)9-36-24(21(33)34,14-10-38-12-28-14)8-13-6-4-3-5-7-13/h1,3-7,10-12,15,17,20,32,35H,8-9H2,(H,33,34)(H2,26,29,30)/t15-,17+,20-,23-,24+/m1/s1. The lowest BCUT2D eigenvalue weighted by Gasteiger charge is -2.32. The number of aromatic nitrogens is 5. The average molecular weight is 557 g/mol. The number of nitrogen functional groups attached to an aromatic ring is 1. The van der Waals surface area contributed by atoms with Gasteiger partial charge in [-0.25, -0.2) is 14.8 Å². The molecule has 14 heteroatoms. The van der Waals surface area contributed by atoms with E-state index in [1.165, 1.54) is 27.7 Å². The van der Waals surface area contributed by atoms with Gasteiger partial charge in [-0.1, -0.05) is 36.3 Å². The van der Waals surface area contributed by atoms with Crippen LogP contribution in [0.15, 0.2) is 47.5 Å². The number of thiazole rings is 1. The van der Waals surface area contributed by atoms with Crippen molar-refractivity contribution < 1.29 is 29.6 Å². The van der Waals surface area contributed by atoms with Crippen molar-refractivity contribution in [3.8, 4) is 12.3 Å². The SMILES string of the molecule is C#C[C@@]1(O)[C@@H](CO[C@](Cc2ccccc2)(C(=O)O)c2cscn2)O[C@@H](n2cnc3c(N)nc(Cl)nc32)[C@@H]1O. The third-order valence-corrected chi connectivity index (χ3v) is 7.17. The zero-order valence-electron chi connectivity index (χ0n) is 19.5. The number of carbonyl (C=O) groups is 1. The summed E-state index contributed by atoms with van der Waals surface area (Å²) in [6.07, 6.45) is 2.53. The van der Waals surface area contributed by atoms with Crippen LogP contribution < -0.4 is 5.73 Å². The van der Waals surface area contributed by atoms with Gasteiger partial charge in [-0.2, -0.15) is 9.97 Å². The minimum absolute atomic E-state index is 0.00810. The number of hydrogen-bond donors (Lipinski definition) is 4. The molecule has 0 bridgehead atoms. The lowest BCUT2D eigenvalue weighted by atomic mass is 9.90. The Morgan fingerprint density at radius 2 is 2.11 bits per heavy atom. The summed E-state index contributed by atoms with van der Waals surface area (Å²) in [5, 5.41) is 34.1. The molecule has 0 unspecified atom stereocenters. The van der Waals surface area contributed by atoms with Crippen molar-refractivity contribution in [2.24, 2.45) is 0 Å². The van der Waals surface area contributed by atoms with Gasteiger partial charge >= 0.3 is 5.97 Å². The summed E-state index contributed by atoms with van der Waals surface area (Å²) in [6, 6.07) is 8.89. The van der Waals surface area contributed by atoms with E-state index in [1.54, 1.807) is 29.6 Å². The molecule has 5 atom stereocenters. The number of nitrogens with zero attached hydrogens (tertiary/aromatic N) is 5. The van der Waals surface area contributed by atoms with Crippen LogP contribution in [0.1, 0.15) is 17.5 Å². The van der Waals surface area contributed by atoms with Crippen molar-refractivity contribution in [2.45, 2.75) is 36.1 Å². The van der Waals surface area contributed by atoms with Gasteiger partial charge in [0.05, 0.1) is 24.1 Å². The second kappa shape index (κ2) is 9.91. The van der Waals surface area contributed by atoms with Crippen LogP contribution in [0.5, 0.6) is 0 Å². The molecular formula is C24H21ClN6O6S. The van der Waals surface area contributed by atoms with E-state index in [0.29, 0.717) is 5.56 Å². The van der Waals surface area contributed by atoms with Crippen LogP contribution >= 0.6 is 22.9 Å². The number of aliphatic hydroxyl groups excluding tert-OH is 1. The van der Waals surface area contributed by atoms with Crippen LogP contribution in [-0.2, 0) is 26.3 Å². The van der Waals surface area contributed by atoms with Gasteiger partial charge in [0, 0.05) is 11.8 Å². The molecule has 4 heterocycles. The monoisotopic (exact) mass is 556 g/mol. The van der Waals surface area contributed by atoms with E-state index in [0.717, 1.165) is 0 Å². The molecule has 12 nitrogen and oxygen atoms in total. The Kier molecular flexibility index (Phi) is 6.78. The Bertz CT molecular complexity index is 1510. The molecule has 5 rings (SSSR count). The fourth-order valence-corrected chi connectivity index (χ4v) is 5.18. The third kappa shape index (κ3) is 4.27. The van der Waals surface area contributed by atoms with Gasteiger partial charge in [-0.05, 0) is 17.2 Å². The number of imidazole rings is 1. The number of anilines is 1. The summed E-state index contributed by atoms with van der Waals surface area (Å²) in [6.45, 7) is -0.505. The van der Waals surface area contributed by atoms with Gasteiger partial charge in [0.2, 0.25) is 10.9 Å². The summed E-state index contributed by atoms with van der Waals surface area (Å²) in [5.74, 6) is 0.886. The maximum Gasteiger partial charge on any atom is 0.342 e. The molecule has 5 N–H and O–H groups in total. The van der Waals surface area contributed by atoms with Crippen molar-refractivity contribution >= 4 is 45.9 Å². The Morgan fingerprint density at radius 1 is 1.34 bits per heavy atom. The molecule has 0 spiro atoms. The number of benzene rings is 1. The number of fused-ring (bicyclic) bond motifs is 1. The number of aliphatic carboxylic acids is 1. The van der Waals surface area contributed by atoms with Crippen LogP contribution in [0, 0.1) is 12.3 Å². The van der Waals surface area contributed by atoms with Crippen LogP contribution in [0.4, 0.5) is 5.82 Å². The van der Waals surface area contributed by atoms with E-state index < -0.39 is 42.2 Å². The lowest BCUT2D eigenvalue weighted by molar-refractivity contribution is -0.179. The second-order valence-electron chi connectivity index (χ2n) is 8.61. The van der Waals surface area contributed by atoms with E-state index in [-0.39, 0.29) is 34.4 Å². The number of hydrogen-bond acceptors (Lipinski definition) is 11. The highest BCUT2D eigenvalue weighted by molar-refractivity contribution is 7.07. The predicted molar refractivity (Wildman–Crippen MR) is 136 cm³/mol. The molecule has 1 aliphatic heterocycles. The highest BCUT2D eigenvalue weighted by atomic mass is 35.5. The van der Waals surface area contributed by atoms with Gasteiger partial charge < -0.3 is 30.5 Å². The average Bonchev–Trinajstić information content (AvgIpc) is 3.63. The Balaban J connectivity index is 1.48. The molecule has 38 heavy (non-hydrogen) atoms. The molecule has 196 valence electrons. The first-order chi connectivity index (χ1) is 18.2. The summed E-state index contributed by atoms with van der Waals surface area (Å²) in [5.41, 5.74) is 4.35. The molecule has 0 saturated carbocycles. The molecule has 0 amide bonds. The fraction of sp³-hybridized carbons (Fsp3) is 0.292. The van der Waals surface area contributed by atoms with Gasteiger partial charge in [0.25, 0.3) is 0 Å². The van der Waals surface area contributed by atoms with E-state index >= 15 is 0 Å². The minimum Gasteiger partial charge on any atom is -0.479 e. The van der Waals surface area contributed by atoms with E-state index in [2.05, 4.69) is 25.9 Å². The number of aliphatic hydroxyl groups is 2. The second-order valence-corrected chi connectivity index (χ2v) is 9.67. The number of halogens is 1. The molecule has 1 saturated heterocycles. The number of terminal acetylenes is 1. The highest BCUT2D eigenvalue weighted by Crippen LogP contribution is 2.40. The fourth-order valence-electron chi connectivity index (χ4n) is 4.39. The van der Waals surface area contributed by atoms with E-state index in [1.807, 2.05) is 6.07 Å². The first kappa shape index (κ1) is 26.0. The smallest absolute Gasteiger partial charge is 0.342 e. The molecule has 4 aromatic rings. The summed E-state index contributed by atoms with van der Waals surface area (Å²) in [4.78, 5) is 29.0. The molecule has 0 radical (unpaired) electrons. The highest BCUT2D eigenvalue weighted by Gasteiger charge is 2.57. The molecule has 1 aliphatic rings. The number of nitrogens with two attached hydrogens (primary N) is 1. The van der Waals surface area contributed by atoms with Crippen LogP contribution in [0.25, 0.3) is 11.2 Å². The van der Waals surface area contributed by atoms with Crippen molar-refractivity contribution in [3.05, 3.63) is 64.1 Å². The predicted octanol–water partition coefficient (Wildman–Crippen LogP) is 1.38. The molecule has 1 aromatic carbocycles. The Hall–Kier alpha value is -3.64. The number of carboxylic acids is 1. The molecule has 1 fully saturated rings. The maximum absolute atomic E-state index is 12.7. The van der Waals surface area contributed by atoms with Gasteiger partial charge in [-0.3, -0.25) is 4.57 Å². The van der Waals surface area contributed by atoms with Crippen molar-refractivity contribution in [3.63, 3.8) is 0 Å². The zero-order valence-corrected chi connectivity index (χ0v) is 21.1. The van der Waals surface area contributed by atoms with Crippen LogP contribution in [-0.4, -0.2) is 70.2 Å². The number of rotatable bonds is 8. The third-order valence-electron chi connectivity index (χ3n) is 6.41. The zero-order chi connectivity index (χ0) is 27.1. The molecular weight excluding hydrogens is 536 g/mol. The van der Waals surface area contributed by atoms with Crippen molar-refractivity contribution in [2.75, 3.05) is 12.3 Å². The summed E-state index contributed by atoms with van der Waals surface area (Å²) >= 11 is 7.15. The Labute approximate surface area is 224 Å². The first-order valence-electron chi connectivity index (χ1n) is 11.2. The van der Waals surface area contributed by atoms with Crippen molar-refractivity contribution in [1.29, 1.82) is 0 Å². The summed E-state index contributed by atoms with van der Waals surface area (Å²) in [7, 11) is 0. The normalized spacial score (nSPS) is 24.7. The van der Waals surface area contributed by atoms with Gasteiger partial charge in [-0.15, -0.1) is 17.8 Å². The molecule has 0 aliphatic carbocycles. The van der Waals surface area contributed by atoms with Crippen LogP contribution in [0.3, 0.4) is 0 Å². The topological polar surface area (TPSA) is 179 Å². The van der Waals surface area contributed by atoms with E-state index in [4.69, 9.17) is 33.2 Å². The number of carboxylic acid groups (broad SMARTS) is 1. The van der Waals surface area contributed by atoms with Crippen LogP contribution in [0.2, 0.25) is 5.28 Å². The Morgan fingerprint density at radius 3 is 2.76 bits per heavy atom. The number of ether oxygens (including phenoxy) is 2. The van der Waals surface area contributed by atoms with E-state index in [9.17, 15) is 20.1 Å². The minimum atomic E-state index is -2.26. The first-order valence-corrected chi connectivity index (χ1v) is 12.5. The maximum atomic E-state index is 12.7. The molecule has 3 aromatic heterocycles. The van der Waals surface area contributed by atoms with Gasteiger partial charge in [0.1, 0.15) is 17.7 Å². The summed E-state index contributed by atoms with van der Waals surface area (Å²) < 4.78 is 13.3. The van der Waals surface area contributed by atoms with Crippen molar-refractivity contribution in [1.82, 2.24) is 24.5 Å². The van der Waals surface area contributed by atoms with Gasteiger partial charge in [0.15, 0.2) is 23.3 Å². The quantitative estimate of drug-likeness (QED) is 0.182. The lowest BCUT2D eigenvalue weighted by Crippen LogP contribution is -2.50. The largest absolute Gasteiger partial charge is 0.479 e.